The molecule has 98 valence electrons. The summed E-state index contributed by atoms with van der Waals surface area (Å²) in [7, 11) is 2.19. The molecule has 1 fully saturated rings. The summed E-state index contributed by atoms with van der Waals surface area (Å²) in [5.41, 5.74) is 1.04. The monoisotopic (exact) mass is 263 g/mol. The van der Waals surface area contributed by atoms with Gasteiger partial charge in [0.1, 0.15) is 0 Å². The molecular weight excluding hydrogens is 242 g/mol. The minimum atomic E-state index is 0.708. The Bertz CT molecular complexity index is 380. The van der Waals surface area contributed by atoms with Gasteiger partial charge in [-0.25, -0.2) is 0 Å². The number of likely N-dealkylation sites (tertiary alicyclic amines) is 1. The predicted molar refractivity (Wildman–Crippen MR) is 80.9 cm³/mol. The van der Waals surface area contributed by atoms with Crippen molar-refractivity contribution in [2.75, 3.05) is 32.0 Å². The summed E-state index contributed by atoms with van der Waals surface area (Å²) >= 11 is 5.30. The Balaban J connectivity index is 1.71. The molecule has 18 heavy (non-hydrogen) atoms. The zero-order valence-electron chi connectivity index (χ0n) is 10.9. The second-order valence-electron chi connectivity index (χ2n) is 4.97. The van der Waals surface area contributed by atoms with E-state index in [1.165, 1.54) is 25.9 Å². The fraction of sp³-hybridized carbons (Fsp3) is 0.500. The van der Waals surface area contributed by atoms with E-state index in [1.54, 1.807) is 0 Å². The summed E-state index contributed by atoms with van der Waals surface area (Å²) in [5, 5.41) is 7.23. The molecule has 1 aliphatic rings. The van der Waals surface area contributed by atoms with Gasteiger partial charge in [0.2, 0.25) is 0 Å². The second kappa shape index (κ2) is 6.71. The highest BCUT2D eigenvalue weighted by Crippen LogP contribution is 2.14. The van der Waals surface area contributed by atoms with Crippen LogP contribution in [0.3, 0.4) is 0 Å². The van der Waals surface area contributed by atoms with Crippen molar-refractivity contribution >= 4 is 23.0 Å². The zero-order chi connectivity index (χ0) is 12.8. The number of para-hydroxylation sites is 1. The Morgan fingerprint density at radius 1 is 1.39 bits per heavy atom. The van der Waals surface area contributed by atoms with Crippen LogP contribution in [0.2, 0.25) is 0 Å². The molecule has 1 aliphatic heterocycles. The van der Waals surface area contributed by atoms with Gasteiger partial charge in [-0.15, -0.1) is 0 Å². The first-order valence-corrected chi connectivity index (χ1v) is 6.93. The summed E-state index contributed by atoms with van der Waals surface area (Å²) in [5.74, 6) is 0.708. The number of nitrogens with one attached hydrogen (secondary N) is 2. The number of anilines is 1. The number of piperidine rings is 1. The summed E-state index contributed by atoms with van der Waals surface area (Å²) in [6.45, 7) is 3.35. The lowest BCUT2D eigenvalue weighted by Gasteiger charge is -2.30. The van der Waals surface area contributed by atoms with E-state index >= 15 is 0 Å². The normalized spacial score (nSPS) is 20.4. The van der Waals surface area contributed by atoms with Crippen LogP contribution in [-0.2, 0) is 0 Å². The van der Waals surface area contributed by atoms with Crippen molar-refractivity contribution in [3.63, 3.8) is 0 Å². The minimum Gasteiger partial charge on any atom is -0.362 e. The third-order valence-corrected chi connectivity index (χ3v) is 3.55. The van der Waals surface area contributed by atoms with Crippen molar-refractivity contribution in [1.82, 2.24) is 10.2 Å². The quantitative estimate of drug-likeness (QED) is 0.819. The van der Waals surface area contributed by atoms with E-state index in [0.29, 0.717) is 5.92 Å². The Morgan fingerprint density at radius 3 is 2.89 bits per heavy atom. The standard InChI is InChI=1S/C14H21N3S/c1-17-9-5-6-12(11-17)10-15-14(18)16-13-7-3-2-4-8-13/h2-4,7-8,12H,5-6,9-11H2,1H3,(H2,15,16,18)/t12-/m0/s1. The first-order valence-electron chi connectivity index (χ1n) is 6.52. The number of benzene rings is 1. The molecule has 0 spiro atoms. The van der Waals surface area contributed by atoms with Crippen LogP contribution < -0.4 is 10.6 Å². The summed E-state index contributed by atoms with van der Waals surface area (Å²) < 4.78 is 0. The maximum absolute atomic E-state index is 5.30. The van der Waals surface area contributed by atoms with Crippen LogP contribution in [0.5, 0.6) is 0 Å². The Kier molecular flexibility index (Phi) is 4.96. The van der Waals surface area contributed by atoms with Crippen molar-refractivity contribution in [2.24, 2.45) is 5.92 Å². The highest BCUT2D eigenvalue weighted by atomic mass is 32.1. The van der Waals surface area contributed by atoms with Gasteiger partial charge in [-0.2, -0.15) is 0 Å². The maximum atomic E-state index is 5.30. The largest absolute Gasteiger partial charge is 0.362 e. The van der Waals surface area contributed by atoms with E-state index in [-0.39, 0.29) is 0 Å². The Labute approximate surface area is 115 Å². The van der Waals surface area contributed by atoms with Crippen molar-refractivity contribution < 1.29 is 0 Å². The van der Waals surface area contributed by atoms with Gasteiger partial charge in [-0.05, 0) is 56.7 Å². The number of thiocarbonyl (C=S) groups is 1. The molecule has 0 unspecified atom stereocenters. The first-order chi connectivity index (χ1) is 8.74. The van der Waals surface area contributed by atoms with E-state index in [2.05, 4.69) is 22.6 Å². The lowest BCUT2D eigenvalue weighted by atomic mass is 9.99. The number of nitrogens with zero attached hydrogens (tertiary/aromatic N) is 1. The first kappa shape index (κ1) is 13.3. The van der Waals surface area contributed by atoms with E-state index in [1.807, 2.05) is 30.3 Å². The molecule has 2 N–H and O–H groups in total. The smallest absolute Gasteiger partial charge is 0.170 e. The Hall–Kier alpha value is -1.13. The average molecular weight is 263 g/mol. The predicted octanol–water partition coefficient (Wildman–Crippen LogP) is 2.31. The highest BCUT2D eigenvalue weighted by molar-refractivity contribution is 7.80. The molecule has 0 aromatic heterocycles. The lowest BCUT2D eigenvalue weighted by molar-refractivity contribution is 0.211. The fourth-order valence-electron chi connectivity index (χ4n) is 2.37. The van der Waals surface area contributed by atoms with Crippen molar-refractivity contribution in [1.29, 1.82) is 0 Å². The van der Waals surface area contributed by atoms with Gasteiger partial charge < -0.3 is 15.5 Å². The van der Waals surface area contributed by atoms with E-state index in [9.17, 15) is 0 Å². The topological polar surface area (TPSA) is 27.3 Å². The number of hydrogen-bond acceptors (Lipinski definition) is 2. The molecule has 0 amide bonds. The van der Waals surface area contributed by atoms with Gasteiger partial charge in [0.15, 0.2) is 5.11 Å². The molecule has 4 heteroatoms. The third-order valence-electron chi connectivity index (χ3n) is 3.31. The summed E-state index contributed by atoms with van der Waals surface area (Å²) in [6.07, 6.45) is 2.59. The average Bonchev–Trinajstić information content (AvgIpc) is 2.38. The second-order valence-corrected chi connectivity index (χ2v) is 5.38. The van der Waals surface area contributed by atoms with Crippen LogP contribution in [0.15, 0.2) is 30.3 Å². The fourth-order valence-corrected chi connectivity index (χ4v) is 2.57. The van der Waals surface area contributed by atoms with E-state index < -0.39 is 0 Å². The molecule has 1 saturated heterocycles. The van der Waals surface area contributed by atoms with E-state index in [0.717, 1.165) is 17.3 Å². The van der Waals surface area contributed by atoms with Gasteiger partial charge in [-0.1, -0.05) is 18.2 Å². The molecule has 2 rings (SSSR count). The minimum absolute atomic E-state index is 0.708. The molecule has 1 atom stereocenters. The molecule has 0 bridgehead atoms. The SMILES string of the molecule is CN1CCC[C@@H](CNC(=S)Nc2ccccc2)C1. The van der Waals surface area contributed by atoms with E-state index in [4.69, 9.17) is 12.2 Å². The van der Waals surface area contributed by atoms with Crippen LogP contribution >= 0.6 is 12.2 Å². The summed E-state index contributed by atoms with van der Waals surface area (Å²) in [4.78, 5) is 2.39. The number of hydrogen-bond donors (Lipinski definition) is 2. The highest BCUT2D eigenvalue weighted by Gasteiger charge is 2.16. The van der Waals surface area contributed by atoms with Crippen LogP contribution in [0, 0.1) is 5.92 Å². The zero-order valence-corrected chi connectivity index (χ0v) is 11.7. The van der Waals surface area contributed by atoms with Gasteiger partial charge >= 0.3 is 0 Å². The molecule has 3 nitrogen and oxygen atoms in total. The molecule has 1 aromatic rings. The lowest BCUT2D eigenvalue weighted by Crippen LogP contribution is -2.40. The van der Waals surface area contributed by atoms with Gasteiger partial charge in [-0.3, -0.25) is 0 Å². The van der Waals surface area contributed by atoms with Gasteiger partial charge in [0.05, 0.1) is 0 Å². The maximum Gasteiger partial charge on any atom is 0.170 e. The van der Waals surface area contributed by atoms with Crippen molar-refractivity contribution in [3.8, 4) is 0 Å². The molecule has 1 aromatic carbocycles. The number of rotatable bonds is 3. The molecule has 0 aliphatic carbocycles. The molecular formula is C14H21N3S. The Morgan fingerprint density at radius 2 is 2.17 bits per heavy atom. The summed E-state index contributed by atoms with van der Waals surface area (Å²) in [6, 6.07) is 10.0. The molecule has 1 heterocycles. The third kappa shape index (κ3) is 4.27. The van der Waals surface area contributed by atoms with Crippen LogP contribution in [-0.4, -0.2) is 36.7 Å². The molecule has 0 radical (unpaired) electrons. The van der Waals surface area contributed by atoms with Crippen LogP contribution in [0.1, 0.15) is 12.8 Å². The van der Waals surface area contributed by atoms with Gasteiger partial charge in [0, 0.05) is 18.8 Å². The van der Waals surface area contributed by atoms with Gasteiger partial charge in [0.25, 0.3) is 0 Å². The van der Waals surface area contributed by atoms with Crippen molar-refractivity contribution in [2.45, 2.75) is 12.8 Å². The van der Waals surface area contributed by atoms with Crippen LogP contribution in [0.25, 0.3) is 0 Å². The molecule has 0 saturated carbocycles. The van der Waals surface area contributed by atoms with Crippen LogP contribution in [0.4, 0.5) is 5.69 Å². The van der Waals surface area contributed by atoms with Crippen molar-refractivity contribution in [3.05, 3.63) is 30.3 Å².